The average molecular weight is 320 g/mol. The van der Waals surface area contributed by atoms with Crippen LogP contribution in [0.15, 0.2) is 24.3 Å². The first-order chi connectivity index (χ1) is 11.2. The number of piperidine rings is 1. The van der Waals surface area contributed by atoms with Crippen LogP contribution in [-0.4, -0.2) is 31.3 Å². The van der Waals surface area contributed by atoms with Gasteiger partial charge in [0, 0.05) is 6.42 Å². The normalized spacial score (nSPS) is 18.6. The summed E-state index contributed by atoms with van der Waals surface area (Å²) in [6.07, 6.45) is 7.75. The molecular formula is C20H34NO2+. The van der Waals surface area contributed by atoms with Crippen molar-refractivity contribution in [1.29, 1.82) is 0 Å². The molecule has 23 heavy (non-hydrogen) atoms. The molecule has 1 aromatic carbocycles. The Hall–Kier alpha value is -1.06. The molecule has 1 aliphatic rings. The number of ether oxygens (including phenoxy) is 1. The minimum absolute atomic E-state index is 0.692. The summed E-state index contributed by atoms with van der Waals surface area (Å²) in [6, 6.07) is 8.09. The first kappa shape index (κ1) is 18.3. The fourth-order valence-corrected chi connectivity index (χ4v) is 3.59. The zero-order valence-corrected chi connectivity index (χ0v) is 14.9. The van der Waals surface area contributed by atoms with Gasteiger partial charge in [-0.2, -0.15) is 0 Å². The van der Waals surface area contributed by atoms with Crippen molar-refractivity contribution in [2.75, 3.05) is 26.2 Å². The van der Waals surface area contributed by atoms with E-state index in [1.54, 1.807) is 4.90 Å². The third kappa shape index (κ3) is 5.50. The van der Waals surface area contributed by atoms with Gasteiger partial charge in [0.15, 0.2) is 0 Å². The molecule has 0 amide bonds. The number of hydrogen-bond acceptors (Lipinski definition) is 2. The number of quaternary nitrogens is 1. The Morgan fingerprint density at radius 2 is 1.70 bits per heavy atom. The van der Waals surface area contributed by atoms with Crippen LogP contribution < -0.4 is 9.64 Å². The van der Waals surface area contributed by atoms with Crippen LogP contribution >= 0.6 is 0 Å². The molecule has 1 fully saturated rings. The number of rotatable bonds is 9. The highest BCUT2D eigenvalue weighted by Crippen LogP contribution is 2.31. The van der Waals surface area contributed by atoms with Crippen molar-refractivity contribution in [2.45, 2.75) is 64.4 Å². The molecule has 0 aliphatic carbocycles. The minimum Gasteiger partial charge on any atom is -0.494 e. The van der Waals surface area contributed by atoms with E-state index in [9.17, 15) is 5.11 Å². The van der Waals surface area contributed by atoms with E-state index in [-0.39, 0.29) is 0 Å². The molecule has 0 saturated carbocycles. The summed E-state index contributed by atoms with van der Waals surface area (Å²) < 4.78 is 5.65. The molecule has 3 heteroatoms. The van der Waals surface area contributed by atoms with E-state index in [2.05, 4.69) is 13.8 Å². The molecular weight excluding hydrogens is 286 g/mol. The predicted octanol–water partition coefficient (Wildman–Crippen LogP) is 2.92. The number of likely N-dealkylation sites (tertiary alicyclic amines) is 1. The Morgan fingerprint density at radius 3 is 2.30 bits per heavy atom. The van der Waals surface area contributed by atoms with Gasteiger partial charge in [0.2, 0.25) is 0 Å². The topological polar surface area (TPSA) is 33.9 Å². The molecule has 0 radical (unpaired) electrons. The second-order valence-electron chi connectivity index (χ2n) is 6.97. The van der Waals surface area contributed by atoms with Crippen molar-refractivity contribution in [3.63, 3.8) is 0 Å². The summed E-state index contributed by atoms with van der Waals surface area (Å²) in [7, 11) is 0. The molecule has 1 saturated heterocycles. The highest BCUT2D eigenvalue weighted by molar-refractivity contribution is 5.31. The largest absolute Gasteiger partial charge is 0.494 e. The Morgan fingerprint density at radius 1 is 1.00 bits per heavy atom. The van der Waals surface area contributed by atoms with E-state index < -0.39 is 5.60 Å². The van der Waals surface area contributed by atoms with E-state index in [1.807, 2.05) is 24.3 Å². The van der Waals surface area contributed by atoms with Gasteiger partial charge in [0.25, 0.3) is 0 Å². The molecule has 0 bridgehead atoms. The Bertz CT molecular complexity index is 439. The van der Waals surface area contributed by atoms with E-state index in [0.717, 1.165) is 50.1 Å². The third-order valence-electron chi connectivity index (χ3n) is 4.98. The summed E-state index contributed by atoms with van der Waals surface area (Å²) >= 11 is 0. The molecule has 2 N–H and O–H groups in total. The third-order valence-corrected chi connectivity index (χ3v) is 4.98. The van der Waals surface area contributed by atoms with Crippen LogP contribution in [0.4, 0.5) is 0 Å². The van der Waals surface area contributed by atoms with Gasteiger partial charge >= 0.3 is 0 Å². The lowest BCUT2D eigenvalue weighted by atomic mass is 9.86. The molecule has 1 heterocycles. The van der Waals surface area contributed by atoms with Crippen molar-refractivity contribution >= 4 is 0 Å². The van der Waals surface area contributed by atoms with Gasteiger partial charge in [0.05, 0.1) is 31.8 Å². The lowest BCUT2D eigenvalue weighted by Crippen LogP contribution is -3.13. The monoisotopic (exact) mass is 320 g/mol. The quantitative estimate of drug-likeness (QED) is 0.733. The fraction of sp³-hybridized carbons (Fsp3) is 0.700. The van der Waals surface area contributed by atoms with Crippen LogP contribution in [-0.2, 0) is 5.60 Å². The van der Waals surface area contributed by atoms with Gasteiger partial charge in [-0.05, 0) is 49.8 Å². The average Bonchev–Trinajstić information content (AvgIpc) is 2.60. The summed E-state index contributed by atoms with van der Waals surface area (Å²) in [5.41, 5.74) is 0.349. The van der Waals surface area contributed by atoms with Crippen LogP contribution in [0.1, 0.15) is 64.4 Å². The molecule has 0 aromatic heterocycles. The van der Waals surface area contributed by atoms with E-state index in [0.29, 0.717) is 0 Å². The molecule has 0 spiro atoms. The summed E-state index contributed by atoms with van der Waals surface area (Å²) in [5.74, 6) is 0.899. The number of hydrogen-bond donors (Lipinski definition) is 2. The first-order valence-electron chi connectivity index (χ1n) is 9.47. The van der Waals surface area contributed by atoms with Gasteiger partial charge in [-0.3, -0.25) is 0 Å². The molecule has 3 nitrogen and oxygen atoms in total. The molecule has 0 unspecified atom stereocenters. The molecule has 1 aliphatic heterocycles. The second kappa shape index (κ2) is 9.29. The molecule has 1 atom stereocenters. The summed E-state index contributed by atoms with van der Waals surface area (Å²) in [5, 5.41) is 11.2. The smallest absolute Gasteiger partial charge is 0.119 e. The maximum atomic E-state index is 11.2. The lowest BCUT2D eigenvalue weighted by Gasteiger charge is -2.31. The van der Waals surface area contributed by atoms with E-state index in [4.69, 9.17) is 4.74 Å². The predicted molar refractivity (Wildman–Crippen MR) is 95.1 cm³/mol. The highest BCUT2D eigenvalue weighted by Gasteiger charge is 2.30. The highest BCUT2D eigenvalue weighted by atomic mass is 16.5. The lowest BCUT2D eigenvalue weighted by molar-refractivity contribution is -0.905. The van der Waals surface area contributed by atoms with E-state index >= 15 is 0 Å². The van der Waals surface area contributed by atoms with Crippen LogP contribution in [0.25, 0.3) is 0 Å². The Kier molecular flexibility index (Phi) is 7.38. The molecule has 1 aromatic rings. The number of nitrogens with one attached hydrogen (secondary N) is 1. The van der Waals surface area contributed by atoms with Crippen molar-refractivity contribution in [1.82, 2.24) is 0 Å². The first-order valence-corrected chi connectivity index (χ1v) is 9.47. The number of benzene rings is 1. The fourth-order valence-electron chi connectivity index (χ4n) is 3.59. The van der Waals surface area contributed by atoms with E-state index in [1.165, 1.54) is 32.4 Å². The van der Waals surface area contributed by atoms with Crippen molar-refractivity contribution in [3.05, 3.63) is 29.8 Å². The van der Waals surface area contributed by atoms with Crippen LogP contribution in [0.2, 0.25) is 0 Å². The van der Waals surface area contributed by atoms with Crippen LogP contribution in [0, 0.1) is 0 Å². The number of aliphatic hydroxyl groups is 1. The maximum absolute atomic E-state index is 11.2. The van der Waals surface area contributed by atoms with Crippen molar-refractivity contribution in [3.8, 4) is 5.75 Å². The SMILES string of the molecule is CCCOc1ccc([C@](O)(CCC)CC[NH+]2CCCCC2)cc1. The summed E-state index contributed by atoms with van der Waals surface area (Å²) in [4.78, 5) is 1.66. The van der Waals surface area contributed by atoms with Gasteiger partial charge < -0.3 is 14.7 Å². The standard InChI is InChI=1S/C20H33NO2/c1-3-12-20(22,13-16-21-14-6-5-7-15-21)18-8-10-19(11-9-18)23-17-4-2/h8-11,22H,3-7,12-17H2,1-2H3/p+1/t20-/m0/s1. The van der Waals surface area contributed by atoms with Gasteiger partial charge in [-0.15, -0.1) is 0 Å². The van der Waals surface area contributed by atoms with Crippen LogP contribution in [0.5, 0.6) is 5.75 Å². The Labute approximate surface area is 141 Å². The molecule has 2 rings (SSSR count). The Balaban J connectivity index is 1.99. The zero-order chi connectivity index (χ0) is 16.5. The minimum atomic E-state index is -0.692. The van der Waals surface area contributed by atoms with Gasteiger partial charge in [-0.25, -0.2) is 0 Å². The van der Waals surface area contributed by atoms with Crippen molar-refractivity contribution < 1.29 is 14.7 Å². The van der Waals surface area contributed by atoms with Crippen molar-refractivity contribution in [2.24, 2.45) is 0 Å². The second-order valence-corrected chi connectivity index (χ2v) is 6.97. The van der Waals surface area contributed by atoms with Gasteiger partial charge in [0.1, 0.15) is 5.75 Å². The molecule has 130 valence electrons. The van der Waals surface area contributed by atoms with Gasteiger partial charge in [-0.1, -0.05) is 32.4 Å². The maximum Gasteiger partial charge on any atom is 0.119 e. The summed E-state index contributed by atoms with van der Waals surface area (Å²) in [6.45, 7) is 8.62. The zero-order valence-electron chi connectivity index (χ0n) is 14.9. The van der Waals surface area contributed by atoms with Crippen LogP contribution in [0.3, 0.4) is 0 Å².